The highest BCUT2D eigenvalue weighted by atomic mass is 79.9. The predicted octanol–water partition coefficient (Wildman–Crippen LogP) is 4.58. The highest BCUT2D eigenvalue weighted by Gasteiger charge is 2.45. The lowest BCUT2D eigenvalue weighted by molar-refractivity contribution is -0.131. The Kier molecular flexibility index (Phi) is 4.18. The molecule has 1 aliphatic rings. The van der Waals surface area contributed by atoms with Crippen molar-refractivity contribution < 1.29 is 4.79 Å². The summed E-state index contributed by atoms with van der Waals surface area (Å²) in [5, 5.41) is 2.09. The normalized spacial score (nSPS) is 20.3. The summed E-state index contributed by atoms with van der Waals surface area (Å²) in [5.74, 6) is 0.819. The van der Waals surface area contributed by atoms with Gasteiger partial charge in [0, 0.05) is 22.3 Å². The molecule has 0 radical (unpaired) electrons. The quantitative estimate of drug-likeness (QED) is 0.778. The third kappa shape index (κ3) is 3.22. The fourth-order valence-corrected chi connectivity index (χ4v) is 4.09. The molecule has 2 unspecified atom stereocenters. The molecule has 2 nitrogen and oxygen atoms in total. The van der Waals surface area contributed by atoms with Gasteiger partial charge in [0.05, 0.1) is 6.54 Å². The van der Waals surface area contributed by atoms with Gasteiger partial charge < -0.3 is 4.90 Å². The molecule has 4 heteroatoms. The zero-order valence-electron chi connectivity index (χ0n) is 12.2. The van der Waals surface area contributed by atoms with Crippen molar-refractivity contribution in [2.45, 2.75) is 25.8 Å². The lowest BCUT2D eigenvalue weighted by Crippen LogP contribution is -2.27. The molecule has 2 atom stereocenters. The van der Waals surface area contributed by atoms with Gasteiger partial charge in [0.15, 0.2) is 0 Å². The molecule has 1 amide bonds. The lowest BCUT2D eigenvalue weighted by atomic mass is 10.1. The second-order valence-electron chi connectivity index (χ2n) is 5.72. The van der Waals surface area contributed by atoms with Gasteiger partial charge in [0.25, 0.3) is 0 Å². The average Bonchev–Trinajstić information content (AvgIpc) is 3.17. The molecule has 0 bridgehead atoms. The van der Waals surface area contributed by atoms with Gasteiger partial charge in [-0.05, 0) is 54.0 Å². The average molecular weight is 364 g/mol. The molecule has 1 heterocycles. The first-order valence-corrected chi connectivity index (χ1v) is 8.77. The van der Waals surface area contributed by atoms with Gasteiger partial charge >= 0.3 is 0 Å². The Morgan fingerprint density at radius 3 is 2.90 bits per heavy atom. The van der Waals surface area contributed by atoms with E-state index < -0.39 is 0 Å². The van der Waals surface area contributed by atoms with Crippen LogP contribution in [0.15, 0.2) is 40.2 Å². The summed E-state index contributed by atoms with van der Waals surface area (Å²) >= 11 is 5.22. The van der Waals surface area contributed by atoms with Crippen LogP contribution in [0, 0.1) is 12.8 Å². The van der Waals surface area contributed by atoms with E-state index in [1.54, 1.807) is 11.3 Å². The summed E-state index contributed by atoms with van der Waals surface area (Å²) in [7, 11) is 1.91. The monoisotopic (exact) mass is 363 g/mol. The van der Waals surface area contributed by atoms with E-state index in [-0.39, 0.29) is 11.8 Å². The standard InChI is InChI=1S/C17H18BrNOS/c1-11-6-7-21-16(11)10-19(2)17(20)15-9-14(15)12-4-3-5-13(18)8-12/h3-8,14-15H,9-10H2,1-2H3. The Morgan fingerprint density at radius 1 is 1.43 bits per heavy atom. The highest BCUT2D eigenvalue weighted by molar-refractivity contribution is 9.10. The highest BCUT2D eigenvalue weighted by Crippen LogP contribution is 2.48. The molecular formula is C17H18BrNOS. The number of halogens is 1. The number of carbonyl (C=O) groups excluding carboxylic acids is 1. The molecule has 21 heavy (non-hydrogen) atoms. The number of thiophene rings is 1. The fourth-order valence-electron chi connectivity index (χ4n) is 2.72. The predicted molar refractivity (Wildman–Crippen MR) is 90.5 cm³/mol. The Balaban J connectivity index is 1.63. The van der Waals surface area contributed by atoms with Crippen LogP contribution >= 0.6 is 27.3 Å². The first-order valence-electron chi connectivity index (χ1n) is 7.09. The molecule has 1 aromatic heterocycles. The maximum absolute atomic E-state index is 12.5. The molecule has 0 saturated heterocycles. The van der Waals surface area contributed by atoms with Crippen LogP contribution in [0.25, 0.3) is 0 Å². The van der Waals surface area contributed by atoms with Crippen LogP contribution in [-0.4, -0.2) is 17.9 Å². The van der Waals surface area contributed by atoms with Crippen molar-refractivity contribution in [2.75, 3.05) is 7.05 Å². The summed E-state index contributed by atoms with van der Waals surface area (Å²) < 4.78 is 1.08. The van der Waals surface area contributed by atoms with Crippen LogP contribution in [0.5, 0.6) is 0 Å². The van der Waals surface area contributed by atoms with Crippen molar-refractivity contribution in [3.8, 4) is 0 Å². The van der Waals surface area contributed by atoms with Gasteiger partial charge in [-0.3, -0.25) is 4.79 Å². The van der Waals surface area contributed by atoms with Crippen molar-refractivity contribution in [3.63, 3.8) is 0 Å². The Bertz CT molecular complexity index is 666. The van der Waals surface area contributed by atoms with Crippen LogP contribution in [0.3, 0.4) is 0 Å². The molecule has 0 N–H and O–H groups in total. The molecule has 3 rings (SSSR count). The summed E-state index contributed by atoms with van der Waals surface area (Å²) in [6.45, 7) is 2.83. The van der Waals surface area contributed by atoms with E-state index in [0.29, 0.717) is 5.92 Å². The summed E-state index contributed by atoms with van der Waals surface area (Å²) in [5.41, 5.74) is 2.54. The van der Waals surface area contributed by atoms with E-state index in [1.807, 2.05) is 24.1 Å². The van der Waals surface area contributed by atoms with E-state index in [4.69, 9.17) is 0 Å². The van der Waals surface area contributed by atoms with Gasteiger partial charge in [0.1, 0.15) is 0 Å². The third-order valence-electron chi connectivity index (χ3n) is 4.11. The minimum absolute atomic E-state index is 0.157. The Hall–Kier alpha value is -1.13. The summed E-state index contributed by atoms with van der Waals surface area (Å²) in [4.78, 5) is 15.7. The second kappa shape index (κ2) is 5.93. The number of nitrogens with zero attached hydrogens (tertiary/aromatic N) is 1. The minimum atomic E-state index is 0.157. The van der Waals surface area contributed by atoms with Gasteiger partial charge in [0.2, 0.25) is 5.91 Å². The van der Waals surface area contributed by atoms with E-state index in [1.165, 1.54) is 16.0 Å². The van der Waals surface area contributed by atoms with Crippen LogP contribution in [0.4, 0.5) is 0 Å². The van der Waals surface area contributed by atoms with E-state index in [2.05, 4.69) is 46.4 Å². The molecule has 110 valence electrons. The maximum atomic E-state index is 12.5. The third-order valence-corrected chi connectivity index (χ3v) is 5.61. The van der Waals surface area contributed by atoms with Crippen LogP contribution in [0.1, 0.15) is 28.3 Å². The molecule has 0 aliphatic heterocycles. The zero-order chi connectivity index (χ0) is 15.0. The number of hydrogen-bond acceptors (Lipinski definition) is 2. The second-order valence-corrected chi connectivity index (χ2v) is 7.64. The smallest absolute Gasteiger partial charge is 0.226 e. The van der Waals surface area contributed by atoms with Crippen molar-refractivity contribution >= 4 is 33.2 Å². The van der Waals surface area contributed by atoms with E-state index in [9.17, 15) is 4.79 Å². The summed E-state index contributed by atoms with van der Waals surface area (Å²) in [6, 6.07) is 10.4. The maximum Gasteiger partial charge on any atom is 0.226 e. The zero-order valence-corrected chi connectivity index (χ0v) is 14.6. The Labute approximate surface area is 137 Å². The number of rotatable bonds is 4. The Morgan fingerprint density at radius 2 is 2.24 bits per heavy atom. The van der Waals surface area contributed by atoms with Crippen LogP contribution in [0.2, 0.25) is 0 Å². The van der Waals surface area contributed by atoms with Crippen LogP contribution < -0.4 is 0 Å². The topological polar surface area (TPSA) is 20.3 Å². The molecule has 2 aromatic rings. The molecule has 1 aliphatic carbocycles. The molecule has 1 saturated carbocycles. The van der Waals surface area contributed by atoms with Crippen molar-refractivity contribution in [1.29, 1.82) is 0 Å². The van der Waals surface area contributed by atoms with E-state index >= 15 is 0 Å². The number of carbonyl (C=O) groups is 1. The molecular weight excluding hydrogens is 346 g/mol. The van der Waals surface area contributed by atoms with Crippen LogP contribution in [-0.2, 0) is 11.3 Å². The number of amides is 1. The van der Waals surface area contributed by atoms with E-state index in [0.717, 1.165) is 17.4 Å². The molecule has 1 aromatic carbocycles. The number of benzene rings is 1. The fraction of sp³-hybridized carbons (Fsp3) is 0.353. The lowest BCUT2D eigenvalue weighted by Gasteiger charge is -2.17. The number of aryl methyl sites for hydroxylation is 1. The molecule has 1 fully saturated rings. The largest absolute Gasteiger partial charge is 0.340 e. The van der Waals surface area contributed by atoms with Crippen molar-refractivity contribution in [1.82, 2.24) is 4.90 Å². The number of hydrogen-bond donors (Lipinski definition) is 0. The van der Waals surface area contributed by atoms with Crippen molar-refractivity contribution in [2.24, 2.45) is 5.92 Å². The van der Waals surface area contributed by atoms with Crippen molar-refractivity contribution in [3.05, 3.63) is 56.2 Å². The first-order chi connectivity index (χ1) is 10.1. The van der Waals surface area contributed by atoms with Gasteiger partial charge in [-0.2, -0.15) is 0 Å². The SMILES string of the molecule is Cc1ccsc1CN(C)C(=O)C1CC1c1cccc(Br)c1. The molecule has 0 spiro atoms. The van der Waals surface area contributed by atoms with Gasteiger partial charge in [-0.25, -0.2) is 0 Å². The van der Waals surface area contributed by atoms with Gasteiger partial charge in [-0.1, -0.05) is 28.1 Å². The first kappa shape index (κ1) is 14.8. The minimum Gasteiger partial charge on any atom is -0.340 e. The summed E-state index contributed by atoms with van der Waals surface area (Å²) in [6.07, 6.45) is 0.975. The van der Waals surface area contributed by atoms with Gasteiger partial charge in [-0.15, -0.1) is 11.3 Å².